The van der Waals surface area contributed by atoms with Gasteiger partial charge in [-0.3, -0.25) is 0 Å². The molecule has 0 rings (SSSR count). The molecule has 0 saturated heterocycles. The summed E-state index contributed by atoms with van der Waals surface area (Å²) >= 11 is 0. The van der Waals surface area contributed by atoms with Gasteiger partial charge < -0.3 is 10.5 Å². The average molecular weight is 77.1 g/mol. The SMILES string of the molecule is C.C.[NH3+][C-]=O. The quantitative estimate of drug-likeness (QED) is 0.392. The number of hydrogen-bond donors (Lipinski definition) is 1. The van der Waals surface area contributed by atoms with Gasteiger partial charge in [0.25, 0.3) is 0 Å². The van der Waals surface area contributed by atoms with E-state index in [0.29, 0.717) is 0 Å². The van der Waals surface area contributed by atoms with Crippen LogP contribution in [0.4, 0.5) is 0 Å². The molecule has 0 aliphatic rings. The van der Waals surface area contributed by atoms with E-state index >= 15 is 0 Å². The molecule has 0 aliphatic carbocycles. The fourth-order valence-corrected chi connectivity index (χ4v) is 0. The van der Waals surface area contributed by atoms with Crippen LogP contribution in [0.5, 0.6) is 0 Å². The average Bonchev–Trinajstić information content (AvgIpc) is 0.918. The minimum absolute atomic E-state index is 0. The highest BCUT2D eigenvalue weighted by atomic mass is 16.1. The Labute approximate surface area is 33.0 Å². The maximum Gasteiger partial charge on any atom is -0.0235 e. The minimum atomic E-state index is 0. The maximum absolute atomic E-state index is 8.57. The topological polar surface area (TPSA) is 44.7 Å². The fourth-order valence-electron chi connectivity index (χ4n) is 0. The second kappa shape index (κ2) is 63.3. The van der Waals surface area contributed by atoms with Crippen molar-refractivity contribution in [2.45, 2.75) is 14.9 Å². The predicted molar refractivity (Wildman–Crippen MR) is 22.0 cm³/mol. The van der Waals surface area contributed by atoms with Crippen LogP contribution in [0.15, 0.2) is 0 Å². The van der Waals surface area contributed by atoms with Crippen molar-refractivity contribution in [1.82, 2.24) is 0 Å². The highest BCUT2D eigenvalue weighted by Crippen LogP contribution is 0.706. The molecule has 0 aromatic carbocycles. The summed E-state index contributed by atoms with van der Waals surface area (Å²) in [6, 6.07) is 0. The van der Waals surface area contributed by atoms with Crippen LogP contribution in [0.3, 0.4) is 0 Å². The molecule has 2 nitrogen and oxygen atoms in total. The van der Waals surface area contributed by atoms with E-state index in [0.717, 1.165) is 0 Å². The summed E-state index contributed by atoms with van der Waals surface area (Å²) in [6.07, 6.45) is 1.25. The number of quaternary nitrogens is 1. The van der Waals surface area contributed by atoms with Gasteiger partial charge in [0.15, 0.2) is 0 Å². The molecule has 0 unspecified atom stereocenters. The van der Waals surface area contributed by atoms with E-state index in [2.05, 4.69) is 5.73 Å². The predicted octanol–water partition coefficient (Wildman–Crippen LogP) is -0.432. The van der Waals surface area contributed by atoms with Gasteiger partial charge >= 0.3 is 0 Å². The smallest absolute Gasteiger partial charge is 0.0235 e. The zero-order valence-electron chi connectivity index (χ0n) is 1.62. The van der Waals surface area contributed by atoms with Gasteiger partial charge in [-0.05, 0) is 6.41 Å². The third-order valence-corrected chi connectivity index (χ3v) is 0. The molecule has 0 heterocycles. The monoisotopic (exact) mass is 77.1 g/mol. The Morgan fingerprint density at radius 3 is 1.40 bits per heavy atom. The van der Waals surface area contributed by atoms with Crippen LogP contribution in [0, 0.1) is 0 Å². The van der Waals surface area contributed by atoms with Gasteiger partial charge in [-0.15, -0.1) is 0 Å². The minimum Gasteiger partial charge on any atom is -0.476 e. The zero-order valence-corrected chi connectivity index (χ0v) is 1.62. The van der Waals surface area contributed by atoms with Crippen molar-refractivity contribution in [2.75, 3.05) is 0 Å². The van der Waals surface area contributed by atoms with E-state index in [4.69, 9.17) is 4.79 Å². The van der Waals surface area contributed by atoms with Gasteiger partial charge in [-0.25, -0.2) is 0 Å². The van der Waals surface area contributed by atoms with Crippen LogP contribution in [0.1, 0.15) is 14.9 Å². The molecule has 1 amide bonds. The molecular formula is C3H11NO. The Morgan fingerprint density at radius 1 is 1.40 bits per heavy atom. The molecule has 0 spiro atoms. The van der Waals surface area contributed by atoms with Crippen molar-refractivity contribution < 1.29 is 10.5 Å². The number of hydrogen-bond acceptors (Lipinski definition) is 1. The summed E-state index contributed by atoms with van der Waals surface area (Å²) in [5.41, 5.74) is 2.68. The lowest BCUT2D eigenvalue weighted by Gasteiger charge is -1.49. The van der Waals surface area contributed by atoms with Crippen molar-refractivity contribution in [1.29, 1.82) is 0 Å². The normalized spacial score (nSPS) is 2.60. The molecule has 0 fully saturated rings. The summed E-state index contributed by atoms with van der Waals surface area (Å²) in [6.45, 7) is 0. The van der Waals surface area contributed by atoms with E-state index in [1.54, 1.807) is 0 Å². The molecule has 0 aliphatic heterocycles. The highest BCUT2D eigenvalue weighted by Gasteiger charge is 1.00. The first-order valence-electron chi connectivity index (χ1n) is 0.558. The molecule has 2 heteroatoms. The third kappa shape index (κ3) is 70.4. The van der Waals surface area contributed by atoms with Crippen molar-refractivity contribution in [3.8, 4) is 0 Å². The summed E-state index contributed by atoms with van der Waals surface area (Å²) < 4.78 is 0. The maximum atomic E-state index is 8.57. The second-order valence-electron chi connectivity index (χ2n) is 0.144. The first-order valence-corrected chi connectivity index (χ1v) is 0.558. The van der Waals surface area contributed by atoms with Crippen molar-refractivity contribution in [2.24, 2.45) is 0 Å². The third-order valence-electron chi connectivity index (χ3n) is 0. The number of amides is 1. The lowest BCUT2D eigenvalue weighted by Crippen LogP contribution is -2.46. The van der Waals surface area contributed by atoms with Gasteiger partial charge in [0, 0.05) is 0 Å². The molecule has 34 valence electrons. The Morgan fingerprint density at radius 2 is 1.40 bits per heavy atom. The fraction of sp³-hybridized carbons (Fsp3) is 0.667. The van der Waals surface area contributed by atoms with Crippen LogP contribution in [-0.4, -0.2) is 6.41 Å². The van der Waals surface area contributed by atoms with Crippen LogP contribution in [-0.2, 0) is 4.79 Å². The Kier molecular flexibility index (Phi) is 291. The van der Waals surface area contributed by atoms with E-state index in [1.165, 1.54) is 6.41 Å². The standard InChI is InChI=1S/CH3NO.2CH4/c2-1-3;;/h2H3;2*1H4. The Bertz CT molecular complexity index is 14.4. The summed E-state index contributed by atoms with van der Waals surface area (Å²) in [5, 5.41) is 0. The summed E-state index contributed by atoms with van der Waals surface area (Å²) in [4.78, 5) is 8.57. The molecule has 0 aromatic heterocycles. The Balaban J connectivity index is -0.0000000200. The van der Waals surface area contributed by atoms with Crippen LogP contribution in [0.2, 0.25) is 0 Å². The van der Waals surface area contributed by atoms with Gasteiger partial charge in [-0.2, -0.15) is 0 Å². The van der Waals surface area contributed by atoms with Crippen LogP contribution in [0.25, 0.3) is 0 Å². The molecular weight excluding hydrogens is 66.0 g/mol. The second-order valence-corrected chi connectivity index (χ2v) is 0.144. The van der Waals surface area contributed by atoms with Crippen molar-refractivity contribution in [3.63, 3.8) is 0 Å². The van der Waals surface area contributed by atoms with Crippen LogP contribution < -0.4 is 5.73 Å². The molecule has 0 saturated carbocycles. The summed E-state index contributed by atoms with van der Waals surface area (Å²) in [5.74, 6) is 0. The van der Waals surface area contributed by atoms with E-state index < -0.39 is 0 Å². The number of carbonyl (C=O) groups excluding carboxylic acids is 1. The molecule has 0 bridgehead atoms. The molecule has 0 radical (unpaired) electrons. The van der Waals surface area contributed by atoms with Crippen molar-refractivity contribution >= 4 is 6.41 Å². The highest BCUT2D eigenvalue weighted by molar-refractivity contribution is 5.30. The summed E-state index contributed by atoms with van der Waals surface area (Å²) in [7, 11) is 0. The lowest BCUT2D eigenvalue weighted by molar-refractivity contribution is -0.214. The lowest BCUT2D eigenvalue weighted by atomic mass is 11.5. The molecule has 5 heavy (non-hydrogen) atoms. The number of rotatable bonds is 0. The van der Waals surface area contributed by atoms with Gasteiger partial charge in [0.2, 0.25) is 0 Å². The Hall–Kier alpha value is -0.370. The molecule has 0 aromatic rings. The van der Waals surface area contributed by atoms with Crippen LogP contribution >= 0.6 is 0 Å². The first-order chi connectivity index (χ1) is 1.41. The molecule has 0 atom stereocenters. The van der Waals surface area contributed by atoms with E-state index in [1.807, 2.05) is 0 Å². The zero-order chi connectivity index (χ0) is 2.71. The first kappa shape index (κ1) is 23.0. The largest absolute Gasteiger partial charge is 0.476 e. The van der Waals surface area contributed by atoms with Crippen molar-refractivity contribution in [3.05, 3.63) is 0 Å². The van der Waals surface area contributed by atoms with E-state index in [-0.39, 0.29) is 14.9 Å². The van der Waals surface area contributed by atoms with Gasteiger partial charge in [0.05, 0.1) is 0 Å². The van der Waals surface area contributed by atoms with E-state index in [9.17, 15) is 0 Å². The van der Waals surface area contributed by atoms with Gasteiger partial charge in [0.1, 0.15) is 0 Å². The van der Waals surface area contributed by atoms with Gasteiger partial charge in [-0.1, -0.05) is 14.9 Å². The molecule has 3 N–H and O–H groups in total.